The largest absolute Gasteiger partial charge is 0.350 e. The summed E-state index contributed by atoms with van der Waals surface area (Å²) in [6.45, 7) is 10.4. The number of rotatable bonds is 8. The third-order valence-electron chi connectivity index (χ3n) is 4.37. The van der Waals surface area contributed by atoms with Gasteiger partial charge in [0.2, 0.25) is 5.91 Å². The quantitative estimate of drug-likeness (QED) is 0.653. The predicted octanol–water partition coefficient (Wildman–Crippen LogP) is 3.65. The summed E-state index contributed by atoms with van der Waals surface area (Å²) in [5.74, 6) is 0.156. The molecule has 4 N–H and O–H groups in total. The molecule has 0 heterocycles. The monoisotopic (exact) mass is 369 g/mol. The molecule has 142 valence electrons. The smallest absolute Gasteiger partial charge is 0.251 e. The van der Waals surface area contributed by atoms with Crippen LogP contribution in [0.5, 0.6) is 0 Å². The fourth-order valence-corrected chi connectivity index (χ4v) is 2.38. The molecule has 2 amide bonds. The summed E-state index contributed by atoms with van der Waals surface area (Å²) >= 11 is 0. The lowest BCUT2D eigenvalue weighted by molar-refractivity contribution is -0.116. The Hall–Kier alpha value is -1.59. The van der Waals surface area contributed by atoms with Gasteiger partial charge < -0.3 is 16.4 Å². The van der Waals surface area contributed by atoms with Crippen molar-refractivity contribution in [3.63, 3.8) is 0 Å². The van der Waals surface area contributed by atoms with E-state index in [0.29, 0.717) is 24.4 Å². The maximum absolute atomic E-state index is 12.3. The number of hydrogen-bond donors (Lipinski definition) is 3. The Balaban J connectivity index is 0.00000576. The van der Waals surface area contributed by atoms with Crippen LogP contribution in [0.3, 0.4) is 0 Å². The minimum Gasteiger partial charge on any atom is -0.350 e. The molecule has 25 heavy (non-hydrogen) atoms. The summed E-state index contributed by atoms with van der Waals surface area (Å²) in [5, 5.41) is 5.80. The van der Waals surface area contributed by atoms with E-state index in [1.54, 1.807) is 18.2 Å². The minimum absolute atomic E-state index is 0. The first kappa shape index (κ1) is 23.4. The average Bonchev–Trinajstić information content (AvgIpc) is 2.53. The predicted molar refractivity (Wildman–Crippen MR) is 106 cm³/mol. The molecule has 0 atom stereocenters. The zero-order chi connectivity index (χ0) is 18.3. The molecule has 1 aromatic carbocycles. The van der Waals surface area contributed by atoms with Gasteiger partial charge in [-0.05, 0) is 49.4 Å². The minimum atomic E-state index is -0.366. The van der Waals surface area contributed by atoms with Gasteiger partial charge in [-0.3, -0.25) is 9.59 Å². The number of amides is 2. The summed E-state index contributed by atoms with van der Waals surface area (Å²) in [6.07, 6.45) is 2.10. The highest BCUT2D eigenvalue weighted by Crippen LogP contribution is 2.18. The van der Waals surface area contributed by atoms with E-state index < -0.39 is 0 Å². The summed E-state index contributed by atoms with van der Waals surface area (Å²) in [7, 11) is 0. The van der Waals surface area contributed by atoms with Crippen molar-refractivity contribution in [3.8, 4) is 0 Å². The molecule has 0 aromatic heterocycles. The second-order valence-corrected chi connectivity index (χ2v) is 6.93. The van der Waals surface area contributed by atoms with Gasteiger partial charge in [-0.2, -0.15) is 0 Å². The van der Waals surface area contributed by atoms with Gasteiger partial charge in [0, 0.05) is 29.8 Å². The van der Waals surface area contributed by atoms with E-state index in [4.69, 9.17) is 5.73 Å². The number of benzene rings is 1. The van der Waals surface area contributed by atoms with Crippen molar-refractivity contribution in [2.45, 2.75) is 59.4 Å². The Bertz CT molecular complexity index is 584. The number of nitrogens with two attached hydrogens (primary N) is 1. The topological polar surface area (TPSA) is 84.2 Å². The van der Waals surface area contributed by atoms with E-state index in [-0.39, 0.29) is 29.8 Å². The maximum atomic E-state index is 12.3. The normalized spacial score (nSPS) is 11.0. The van der Waals surface area contributed by atoms with Crippen LogP contribution in [0.15, 0.2) is 18.2 Å². The van der Waals surface area contributed by atoms with E-state index in [1.807, 2.05) is 34.6 Å². The van der Waals surface area contributed by atoms with Gasteiger partial charge in [0.25, 0.3) is 5.91 Å². The SMILES string of the molecule is CCC(N)(CC)CNC(=O)c1ccc(NC(=O)CC(C)C)c(C)c1.Cl. The number of nitrogens with one attached hydrogen (secondary N) is 2. The third kappa shape index (κ3) is 7.45. The van der Waals surface area contributed by atoms with Crippen LogP contribution in [0.2, 0.25) is 0 Å². The van der Waals surface area contributed by atoms with Crippen LogP contribution in [0.4, 0.5) is 5.69 Å². The first-order chi connectivity index (χ1) is 11.2. The van der Waals surface area contributed by atoms with Crippen molar-refractivity contribution < 1.29 is 9.59 Å². The first-order valence-electron chi connectivity index (χ1n) is 8.68. The molecular weight excluding hydrogens is 338 g/mol. The van der Waals surface area contributed by atoms with E-state index in [0.717, 1.165) is 24.1 Å². The second-order valence-electron chi connectivity index (χ2n) is 6.93. The van der Waals surface area contributed by atoms with Crippen molar-refractivity contribution in [2.24, 2.45) is 11.7 Å². The Labute approximate surface area is 157 Å². The van der Waals surface area contributed by atoms with Gasteiger partial charge in [-0.15, -0.1) is 12.4 Å². The van der Waals surface area contributed by atoms with Gasteiger partial charge in [-0.1, -0.05) is 27.7 Å². The highest BCUT2D eigenvalue weighted by atomic mass is 35.5. The number of aryl methyl sites for hydroxylation is 1. The Morgan fingerprint density at radius 3 is 2.28 bits per heavy atom. The fourth-order valence-electron chi connectivity index (χ4n) is 2.38. The van der Waals surface area contributed by atoms with Crippen LogP contribution < -0.4 is 16.4 Å². The fraction of sp³-hybridized carbons (Fsp3) is 0.579. The molecule has 5 nitrogen and oxygen atoms in total. The van der Waals surface area contributed by atoms with Crippen molar-refractivity contribution in [2.75, 3.05) is 11.9 Å². The molecule has 6 heteroatoms. The zero-order valence-electron chi connectivity index (χ0n) is 15.9. The van der Waals surface area contributed by atoms with Crippen LogP contribution >= 0.6 is 12.4 Å². The van der Waals surface area contributed by atoms with E-state index in [2.05, 4.69) is 10.6 Å². The molecule has 0 aliphatic carbocycles. The van der Waals surface area contributed by atoms with Gasteiger partial charge in [-0.25, -0.2) is 0 Å². The lowest BCUT2D eigenvalue weighted by Crippen LogP contribution is -2.49. The third-order valence-corrected chi connectivity index (χ3v) is 4.37. The molecule has 1 rings (SSSR count). The summed E-state index contributed by atoms with van der Waals surface area (Å²) in [4.78, 5) is 24.2. The van der Waals surface area contributed by atoms with E-state index >= 15 is 0 Å². The van der Waals surface area contributed by atoms with Gasteiger partial charge in [0.15, 0.2) is 0 Å². The number of hydrogen-bond acceptors (Lipinski definition) is 3. The summed E-state index contributed by atoms with van der Waals surface area (Å²) in [5.41, 5.74) is 8.03. The second kappa shape index (κ2) is 10.4. The summed E-state index contributed by atoms with van der Waals surface area (Å²) in [6, 6.07) is 5.29. The van der Waals surface area contributed by atoms with Crippen molar-refractivity contribution in [1.29, 1.82) is 0 Å². The highest BCUT2D eigenvalue weighted by molar-refractivity contribution is 5.96. The van der Waals surface area contributed by atoms with Crippen molar-refractivity contribution >= 4 is 29.9 Å². The molecule has 0 saturated carbocycles. The molecule has 0 saturated heterocycles. The number of carbonyl (C=O) groups is 2. The number of anilines is 1. The molecule has 0 aliphatic rings. The van der Waals surface area contributed by atoms with Crippen molar-refractivity contribution in [3.05, 3.63) is 29.3 Å². The summed E-state index contributed by atoms with van der Waals surface area (Å²) < 4.78 is 0. The first-order valence-corrected chi connectivity index (χ1v) is 8.68. The molecule has 0 aliphatic heterocycles. The number of carbonyl (C=O) groups excluding carboxylic acids is 2. The van der Waals surface area contributed by atoms with E-state index in [1.165, 1.54) is 0 Å². The van der Waals surface area contributed by atoms with Crippen LogP contribution in [-0.4, -0.2) is 23.9 Å². The van der Waals surface area contributed by atoms with Crippen molar-refractivity contribution in [1.82, 2.24) is 5.32 Å². The lowest BCUT2D eigenvalue weighted by atomic mass is 9.94. The van der Waals surface area contributed by atoms with Crippen LogP contribution in [0.25, 0.3) is 0 Å². The number of halogens is 1. The Morgan fingerprint density at radius 2 is 1.80 bits per heavy atom. The molecule has 0 unspecified atom stereocenters. The van der Waals surface area contributed by atoms with E-state index in [9.17, 15) is 9.59 Å². The highest BCUT2D eigenvalue weighted by Gasteiger charge is 2.21. The standard InChI is InChI=1S/C19H31N3O2.ClH/c1-6-19(20,7-2)12-21-18(24)15-8-9-16(14(5)11-15)22-17(23)10-13(3)4;/h8-9,11,13H,6-7,10,12,20H2,1-5H3,(H,21,24)(H,22,23);1H. The van der Waals surface area contributed by atoms with Crippen LogP contribution in [-0.2, 0) is 4.79 Å². The molecule has 0 spiro atoms. The molecule has 0 radical (unpaired) electrons. The lowest BCUT2D eigenvalue weighted by Gasteiger charge is -2.26. The van der Waals surface area contributed by atoms with Crippen LogP contribution in [0, 0.1) is 12.8 Å². The van der Waals surface area contributed by atoms with Gasteiger partial charge >= 0.3 is 0 Å². The Kier molecular flexibility index (Phi) is 9.75. The zero-order valence-corrected chi connectivity index (χ0v) is 16.8. The molecule has 0 bridgehead atoms. The Morgan fingerprint density at radius 1 is 1.20 bits per heavy atom. The van der Waals surface area contributed by atoms with Crippen LogP contribution in [0.1, 0.15) is 62.9 Å². The average molecular weight is 370 g/mol. The molecule has 0 fully saturated rings. The van der Waals surface area contributed by atoms with Gasteiger partial charge in [0.1, 0.15) is 0 Å². The maximum Gasteiger partial charge on any atom is 0.251 e. The van der Waals surface area contributed by atoms with Gasteiger partial charge in [0.05, 0.1) is 0 Å². The molecule has 1 aromatic rings. The molecular formula is C19H32ClN3O2.